The molecule has 0 amide bonds. The van der Waals surface area contributed by atoms with Gasteiger partial charge in [-0.2, -0.15) is 0 Å². The molecule has 4 atom stereocenters. The second-order valence-electron chi connectivity index (χ2n) is 5.13. The van der Waals surface area contributed by atoms with Gasteiger partial charge >= 0.3 is 0 Å². The van der Waals surface area contributed by atoms with Crippen molar-refractivity contribution in [3.63, 3.8) is 0 Å². The number of hydrogen-bond donors (Lipinski definition) is 1. The summed E-state index contributed by atoms with van der Waals surface area (Å²) in [7, 11) is 0. The Morgan fingerprint density at radius 3 is 2.67 bits per heavy atom. The standard InChI is InChI=1S/C11H20O/c1-3-9-4-8-5-10(9)11(2,6-8)7-12/h8-10,12H,3-7H2,1-2H3. The Balaban J connectivity index is 2.14. The molecule has 1 heteroatoms. The zero-order chi connectivity index (χ0) is 8.77. The normalized spacial score (nSPS) is 51.8. The maximum Gasteiger partial charge on any atom is 0.0487 e. The lowest BCUT2D eigenvalue weighted by atomic mass is 9.69. The van der Waals surface area contributed by atoms with Gasteiger partial charge in [0.15, 0.2) is 0 Å². The van der Waals surface area contributed by atoms with Gasteiger partial charge in [0.1, 0.15) is 0 Å². The molecule has 0 aromatic carbocycles. The van der Waals surface area contributed by atoms with Crippen molar-refractivity contribution in [2.24, 2.45) is 23.2 Å². The summed E-state index contributed by atoms with van der Waals surface area (Å²) in [6, 6.07) is 0. The van der Waals surface area contributed by atoms with Crippen LogP contribution < -0.4 is 0 Å². The predicted octanol–water partition coefficient (Wildman–Crippen LogP) is 2.44. The van der Waals surface area contributed by atoms with Crippen LogP contribution in [0, 0.1) is 23.2 Å². The first-order chi connectivity index (χ1) is 5.69. The van der Waals surface area contributed by atoms with Crippen LogP contribution in [0.15, 0.2) is 0 Å². The molecule has 2 saturated carbocycles. The fraction of sp³-hybridized carbons (Fsp3) is 1.00. The van der Waals surface area contributed by atoms with Crippen molar-refractivity contribution in [2.45, 2.75) is 39.5 Å². The van der Waals surface area contributed by atoms with Crippen molar-refractivity contribution in [3.05, 3.63) is 0 Å². The van der Waals surface area contributed by atoms with Crippen molar-refractivity contribution in [2.75, 3.05) is 6.61 Å². The SMILES string of the molecule is CCC1CC2CC1C(C)(CO)C2. The summed E-state index contributed by atoms with van der Waals surface area (Å²) in [5.41, 5.74) is 0.281. The third-order valence-corrected chi connectivity index (χ3v) is 4.33. The Hall–Kier alpha value is -0.0400. The van der Waals surface area contributed by atoms with E-state index in [1.807, 2.05) is 0 Å². The van der Waals surface area contributed by atoms with Gasteiger partial charge in [-0.25, -0.2) is 0 Å². The van der Waals surface area contributed by atoms with Gasteiger partial charge in [0, 0.05) is 6.61 Å². The van der Waals surface area contributed by atoms with E-state index < -0.39 is 0 Å². The molecule has 1 N–H and O–H groups in total. The van der Waals surface area contributed by atoms with Crippen molar-refractivity contribution >= 4 is 0 Å². The third-order valence-electron chi connectivity index (χ3n) is 4.33. The first-order valence-corrected chi connectivity index (χ1v) is 5.30. The molecule has 4 unspecified atom stereocenters. The molecule has 0 saturated heterocycles. The van der Waals surface area contributed by atoms with E-state index in [1.54, 1.807) is 0 Å². The van der Waals surface area contributed by atoms with Crippen molar-refractivity contribution < 1.29 is 5.11 Å². The van der Waals surface area contributed by atoms with Gasteiger partial charge in [-0.15, -0.1) is 0 Å². The Bertz CT molecular complexity index is 178. The molecule has 0 spiro atoms. The summed E-state index contributed by atoms with van der Waals surface area (Å²) in [6.07, 6.45) is 5.44. The van der Waals surface area contributed by atoms with Crippen LogP contribution >= 0.6 is 0 Å². The minimum absolute atomic E-state index is 0.281. The van der Waals surface area contributed by atoms with Crippen LogP contribution in [0.25, 0.3) is 0 Å². The molecule has 12 heavy (non-hydrogen) atoms. The van der Waals surface area contributed by atoms with Crippen LogP contribution in [0.3, 0.4) is 0 Å². The molecular formula is C11H20O. The van der Waals surface area contributed by atoms with E-state index >= 15 is 0 Å². The van der Waals surface area contributed by atoms with Crippen molar-refractivity contribution in [1.29, 1.82) is 0 Å². The first kappa shape index (κ1) is 8.55. The lowest BCUT2D eigenvalue weighted by Gasteiger charge is -2.37. The van der Waals surface area contributed by atoms with Gasteiger partial charge in [-0.1, -0.05) is 20.3 Å². The maximum atomic E-state index is 9.36. The van der Waals surface area contributed by atoms with E-state index in [2.05, 4.69) is 13.8 Å². The number of rotatable bonds is 2. The van der Waals surface area contributed by atoms with Gasteiger partial charge in [0.05, 0.1) is 0 Å². The first-order valence-electron chi connectivity index (χ1n) is 5.30. The molecular weight excluding hydrogens is 148 g/mol. The zero-order valence-electron chi connectivity index (χ0n) is 8.21. The molecule has 2 fully saturated rings. The van der Waals surface area contributed by atoms with E-state index in [9.17, 15) is 5.11 Å². The summed E-state index contributed by atoms with van der Waals surface area (Å²) >= 11 is 0. The Labute approximate surface area is 75.2 Å². The smallest absolute Gasteiger partial charge is 0.0487 e. The number of fused-ring (bicyclic) bond motifs is 2. The van der Waals surface area contributed by atoms with Crippen molar-refractivity contribution in [3.8, 4) is 0 Å². The highest BCUT2D eigenvalue weighted by Crippen LogP contribution is 2.58. The molecule has 2 rings (SSSR count). The molecule has 70 valence electrons. The Morgan fingerprint density at radius 1 is 1.42 bits per heavy atom. The average molecular weight is 168 g/mol. The van der Waals surface area contributed by atoms with Gasteiger partial charge in [-0.3, -0.25) is 0 Å². The fourth-order valence-corrected chi connectivity index (χ4v) is 3.70. The molecule has 0 aromatic heterocycles. The van der Waals surface area contributed by atoms with E-state index in [4.69, 9.17) is 0 Å². The Kier molecular flexibility index (Phi) is 1.95. The zero-order valence-corrected chi connectivity index (χ0v) is 8.21. The van der Waals surface area contributed by atoms with Crippen LogP contribution in [0.2, 0.25) is 0 Å². The van der Waals surface area contributed by atoms with E-state index in [0.717, 1.165) is 17.8 Å². The second-order valence-corrected chi connectivity index (χ2v) is 5.13. The minimum Gasteiger partial charge on any atom is -0.396 e. The fourth-order valence-electron chi connectivity index (χ4n) is 3.70. The molecule has 0 aliphatic heterocycles. The van der Waals surface area contributed by atoms with Crippen molar-refractivity contribution in [1.82, 2.24) is 0 Å². The maximum absolute atomic E-state index is 9.36. The van der Waals surface area contributed by atoms with Gasteiger partial charge in [0.2, 0.25) is 0 Å². The Morgan fingerprint density at radius 2 is 2.17 bits per heavy atom. The highest BCUT2D eigenvalue weighted by molar-refractivity contribution is 5.01. The van der Waals surface area contributed by atoms with Crippen LogP contribution in [0.5, 0.6) is 0 Å². The van der Waals surface area contributed by atoms with Crippen LogP contribution in [-0.2, 0) is 0 Å². The summed E-state index contributed by atoms with van der Waals surface area (Å²) in [5.74, 6) is 2.69. The lowest BCUT2D eigenvalue weighted by molar-refractivity contribution is 0.0514. The quantitative estimate of drug-likeness (QED) is 0.671. The predicted molar refractivity (Wildman–Crippen MR) is 49.8 cm³/mol. The molecule has 2 bridgehead atoms. The monoisotopic (exact) mass is 168 g/mol. The van der Waals surface area contributed by atoms with Gasteiger partial charge < -0.3 is 5.11 Å². The molecule has 2 aliphatic carbocycles. The summed E-state index contributed by atoms with van der Waals surface area (Å²) in [4.78, 5) is 0. The summed E-state index contributed by atoms with van der Waals surface area (Å²) in [6.45, 7) is 4.98. The minimum atomic E-state index is 0.281. The third kappa shape index (κ3) is 1.02. The topological polar surface area (TPSA) is 20.2 Å². The second kappa shape index (κ2) is 2.73. The molecule has 2 aliphatic rings. The van der Waals surface area contributed by atoms with E-state index in [-0.39, 0.29) is 5.41 Å². The number of aliphatic hydroxyl groups excluding tert-OH is 1. The average Bonchev–Trinajstić information content (AvgIpc) is 2.60. The molecule has 0 radical (unpaired) electrons. The van der Waals surface area contributed by atoms with E-state index in [1.165, 1.54) is 25.7 Å². The largest absolute Gasteiger partial charge is 0.396 e. The van der Waals surface area contributed by atoms with Crippen LogP contribution in [-0.4, -0.2) is 11.7 Å². The van der Waals surface area contributed by atoms with Gasteiger partial charge in [-0.05, 0) is 42.4 Å². The molecule has 0 aromatic rings. The van der Waals surface area contributed by atoms with E-state index in [0.29, 0.717) is 6.61 Å². The lowest BCUT2D eigenvalue weighted by Crippen LogP contribution is -2.33. The van der Waals surface area contributed by atoms with Crippen LogP contribution in [0.4, 0.5) is 0 Å². The molecule has 1 nitrogen and oxygen atoms in total. The van der Waals surface area contributed by atoms with Crippen LogP contribution in [0.1, 0.15) is 39.5 Å². The number of hydrogen-bond acceptors (Lipinski definition) is 1. The summed E-state index contributed by atoms with van der Waals surface area (Å²) in [5, 5.41) is 9.36. The van der Waals surface area contributed by atoms with Gasteiger partial charge in [0.25, 0.3) is 0 Å². The highest BCUT2D eigenvalue weighted by Gasteiger charge is 2.51. The molecule has 0 heterocycles. The number of aliphatic hydroxyl groups is 1. The highest BCUT2D eigenvalue weighted by atomic mass is 16.3. The summed E-state index contributed by atoms with van der Waals surface area (Å²) < 4.78 is 0.